The molecule has 0 amide bonds. The SMILES string of the molecule is CC(C)(C)OC(=O)CCSc1cccc(O)c1. The van der Waals surface area contributed by atoms with Crippen LogP contribution in [0.1, 0.15) is 27.2 Å². The van der Waals surface area contributed by atoms with E-state index < -0.39 is 5.60 Å². The van der Waals surface area contributed by atoms with E-state index in [1.165, 1.54) is 11.8 Å². The Morgan fingerprint density at radius 1 is 1.41 bits per heavy atom. The monoisotopic (exact) mass is 254 g/mol. The summed E-state index contributed by atoms with van der Waals surface area (Å²) in [7, 11) is 0. The van der Waals surface area contributed by atoms with E-state index in [4.69, 9.17) is 4.74 Å². The van der Waals surface area contributed by atoms with Crippen molar-refractivity contribution in [3.63, 3.8) is 0 Å². The lowest BCUT2D eigenvalue weighted by atomic mass is 10.2. The summed E-state index contributed by atoms with van der Waals surface area (Å²) in [4.78, 5) is 12.4. The molecule has 0 aliphatic heterocycles. The van der Waals surface area contributed by atoms with Crippen molar-refractivity contribution in [3.05, 3.63) is 24.3 Å². The number of phenols is 1. The topological polar surface area (TPSA) is 46.5 Å². The largest absolute Gasteiger partial charge is 0.508 e. The highest BCUT2D eigenvalue weighted by atomic mass is 32.2. The molecule has 0 saturated carbocycles. The van der Waals surface area contributed by atoms with E-state index in [0.717, 1.165) is 4.90 Å². The third kappa shape index (κ3) is 6.22. The number of aromatic hydroxyl groups is 1. The number of carbonyl (C=O) groups is 1. The number of thioether (sulfide) groups is 1. The Hall–Kier alpha value is -1.16. The fraction of sp³-hybridized carbons (Fsp3) is 0.462. The molecular formula is C13H18O3S. The summed E-state index contributed by atoms with van der Waals surface area (Å²) < 4.78 is 5.20. The molecule has 0 heterocycles. The van der Waals surface area contributed by atoms with Gasteiger partial charge in [0.1, 0.15) is 11.4 Å². The van der Waals surface area contributed by atoms with Gasteiger partial charge in [-0.25, -0.2) is 0 Å². The van der Waals surface area contributed by atoms with Crippen LogP contribution in [0.3, 0.4) is 0 Å². The van der Waals surface area contributed by atoms with Crippen LogP contribution >= 0.6 is 11.8 Å². The zero-order chi connectivity index (χ0) is 12.9. The van der Waals surface area contributed by atoms with Gasteiger partial charge in [-0.3, -0.25) is 4.79 Å². The number of ether oxygens (including phenoxy) is 1. The second-order valence-electron chi connectivity index (χ2n) is 4.68. The van der Waals surface area contributed by atoms with Crippen molar-refractivity contribution in [3.8, 4) is 5.75 Å². The van der Waals surface area contributed by atoms with E-state index in [1.54, 1.807) is 18.2 Å². The molecular weight excluding hydrogens is 236 g/mol. The number of benzene rings is 1. The van der Waals surface area contributed by atoms with Gasteiger partial charge in [0.25, 0.3) is 0 Å². The Morgan fingerprint density at radius 3 is 2.71 bits per heavy atom. The molecule has 0 unspecified atom stereocenters. The van der Waals surface area contributed by atoms with Crippen molar-refractivity contribution in [2.45, 2.75) is 37.7 Å². The number of carbonyl (C=O) groups excluding carboxylic acids is 1. The summed E-state index contributed by atoms with van der Waals surface area (Å²) in [5.74, 6) is 0.704. The predicted molar refractivity (Wildman–Crippen MR) is 69.3 cm³/mol. The smallest absolute Gasteiger partial charge is 0.307 e. The van der Waals surface area contributed by atoms with Crippen LogP contribution in [0.25, 0.3) is 0 Å². The van der Waals surface area contributed by atoms with Crippen LogP contribution in [-0.4, -0.2) is 22.4 Å². The Labute approximate surface area is 106 Å². The van der Waals surface area contributed by atoms with Crippen LogP contribution in [0.4, 0.5) is 0 Å². The predicted octanol–water partition coefficient (Wildman–Crippen LogP) is 3.22. The first kappa shape index (κ1) is 13.9. The molecule has 0 radical (unpaired) electrons. The van der Waals surface area contributed by atoms with Crippen LogP contribution < -0.4 is 0 Å². The van der Waals surface area contributed by atoms with Crippen LogP contribution in [0.5, 0.6) is 5.75 Å². The first-order valence-corrected chi connectivity index (χ1v) is 6.49. The number of phenolic OH excluding ortho intramolecular Hbond substituents is 1. The lowest BCUT2D eigenvalue weighted by Gasteiger charge is -2.19. The van der Waals surface area contributed by atoms with E-state index in [0.29, 0.717) is 12.2 Å². The van der Waals surface area contributed by atoms with Gasteiger partial charge in [-0.05, 0) is 39.0 Å². The number of hydrogen-bond acceptors (Lipinski definition) is 4. The quantitative estimate of drug-likeness (QED) is 0.662. The van der Waals surface area contributed by atoms with Gasteiger partial charge in [0.15, 0.2) is 0 Å². The van der Waals surface area contributed by atoms with Crippen LogP contribution in [0.15, 0.2) is 29.2 Å². The minimum absolute atomic E-state index is 0.190. The molecule has 0 saturated heterocycles. The van der Waals surface area contributed by atoms with Gasteiger partial charge in [0, 0.05) is 10.6 Å². The van der Waals surface area contributed by atoms with Crippen molar-refractivity contribution in [2.75, 3.05) is 5.75 Å². The molecule has 17 heavy (non-hydrogen) atoms. The van der Waals surface area contributed by atoms with Gasteiger partial charge in [-0.2, -0.15) is 0 Å². The minimum Gasteiger partial charge on any atom is -0.508 e. The lowest BCUT2D eigenvalue weighted by Crippen LogP contribution is -2.23. The molecule has 0 aliphatic carbocycles. The maximum atomic E-state index is 11.4. The zero-order valence-electron chi connectivity index (χ0n) is 10.4. The number of rotatable bonds is 4. The summed E-state index contributed by atoms with van der Waals surface area (Å²) in [5, 5.41) is 9.27. The van der Waals surface area contributed by atoms with Gasteiger partial charge in [0.2, 0.25) is 0 Å². The molecule has 1 N–H and O–H groups in total. The second-order valence-corrected chi connectivity index (χ2v) is 5.85. The van der Waals surface area contributed by atoms with Crippen molar-refractivity contribution < 1.29 is 14.6 Å². The highest BCUT2D eigenvalue weighted by Crippen LogP contribution is 2.23. The fourth-order valence-electron chi connectivity index (χ4n) is 1.22. The van der Waals surface area contributed by atoms with E-state index >= 15 is 0 Å². The second kappa shape index (κ2) is 5.96. The Balaban J connectivity index is 2.31. The maximum absolute atomic E-state index is 11.4. The molecule has 4 heteroatoms. The van der Waals surface area contributed by atoms with E-state index in [2.05, 4.69) is 0 Å². The average Bonchev–Trinajstić information content (AvgIpc) is 2.14. The molecule has 1 rings (SSSR count). The summed E-state index contributed by atoms with van der Waals surface area (Å²) >= 11 is 1.53. The lowest BCUT2D eigenvalue weighted by molar-refractivity contribution is -0.154. The highest BCUT2D eigenvalue weighted by Gasteiger charge is 2.15. The first-order valence-electron chi connectivity index (χ1n) is 5.50. The fourth-order valence-corrected chi connectivity index (χ4v) is 2.10. The Morgan fingerprint density at radius 2 is 2.12 bits per heavy atom. The standard InChI is InChI=1S/C13H18O3S/c1-13(2,3)16-12(15)7-8-17-11-6-4-5-10(14)9-11/h4-6,9,14H,7-8H2,1-3H3. The minimum atomic E-state index is -0.424. The van der Waals surface area contributed by atoms with E-state index in [9.17, 15) is 9.90 Å². The molecule has 0 bridgehead atoms. The summed E-state index contributed by atoms with van der Waals surface area (Å²) in [6.07, 6.45) is 0.373. The van der Waals surface area contributed by atoms with Crippen molar-refractivity contribution in [2.24, 2.45) is 0 Å². The highest BCUT2D eigenvalue weighted by molar-refractivity contribution is 7.99. The van der Waals surface area contributed by atoms with Crippen molar-refractivity contribution in [1.82, 2.24) is 0 Å². The molecule has 0 atom stereocenters. The van der Waals surface area contributed by atoms with E-state index in [-0.39, 0.29) is 11.7 Å². The van der Waals surface area contributed by atoms with Gasteiger partial charge in [-0.1, -0.05) is 6.07 Å². The third-order valence-corrected chi connectivity index (χ3v) is 2.81. The molecule has 0 aromatic heterocycles. The van der Waals surface area contributed by atoms with Gasteiger partial charge < -0.3 is 9.84 Å². The van der Waals surface area contributed by atoms with E-state index in [1.807, 2.05) is 26.8 Å². The molecule has 94 valence electrons. The van der Waals surface area contributed by atoms with Gasteiger partial charge >= 0.3 is 5.97 Å². The van der Waals surface area contributed by atoms with Crippen LogP contribution in [0.2, 0.25) is 0 Å². The maximum Gasteiger partial charge on any atom is 0.307 e. The Bertz CT molecular complexity index is 382. The number of hydrogen-bond donors (Lipinski definition) is 1. The van der Waals surface area contributed by atoms with Crippen molar-refractivity contribution >= 4 is 17.7 Å². The van der Waals surface area contributed by atoms with Crippen LogP contribution in [0, 0.1) is 0 Å². The zero-order valence-corrected chi connectivity index (χ0v) is 11.2. The molecule has 0 spiro atoms. The molecule has 1 aromatic carbocycles. The molecule has 0 aliphatic rings. The van der Waals surface area contributed by atoms with Gasteiger partial charge in [0.05, 0.1) is 6.42 Å². The Kier molecular flexibility index (Phi) is 4.87. The summed E-state index contributed by atoms with van der Waals surface area (Å²) in [6.45, 7) is 5.56. The average molecular weight is 254 g/mol. The van der Waals surface area contributed by atoms with Gasteiger partial charge in [-0.15, -0.1) is 11.8 Å². The molecule has 0 fully saturated rings. The molecule has 1 aromatic rings. The third-order valence-electron chi connectivity index (χ3n) is 1.81. The molecule has 3 nitrogen and oxygen atoms in total. The number of esters is 1. The normalized spacial score (nSPS) is 11.2. The summed E-state index contributed by atoms with van der Waals surface area (Å²) in [5.41, 5.74) is -0.424. The first-order chi connectivity index (χ1) is 7.87. The summed E-state index contributed by atoms with van der Waals surface area (Å²) in [6, 6.07) is 6.99. The van der Waals surface area contributed by atoms with Crippen LogP contribution in [-0.2, 0) is 9.53 Å². The van der Waals surface area contributed by atoms with Crippen molar-refractivity contribution in [1.29, 1.82) is 0 Å².